The molecule has 6 nitrogen and oxygen atoms in total. The van der Waals surface area contributed by atoms with E-state index >= 15 is 0 Å². The topological polar surface area (TPSA) is 65.4 Å². The van der Waals surface area contributed by atoms with E-state index in [9.17, 15) is 9.18 Å². The molecule has 8 heteroatoms. The van der Waals surface area contributed by atoms with Gasteiger partial charge in [-0.1, -0.05) is 12.1 Å². The summed E-state index contributed by atoms with van der Waals surface area (Å²) in [5, 5.41) is 8.47. The predicted molar refractivity (Wildman–Crippen MR) is 148 cm³/mol. The summed E-state index contributed by atoms with van der Waals surface area (Å²) < 4.78 is 27.1. The van der Waals surface area contributed by atoms with Gasteiger partial charge in [0.15, 0.2) is 0 Å². The van der Waals surface area contributed by atoms with Crippen molar-refractivity contribution in [1.29, 1.82) is 0 Å². The number of nitrogens with one attached hydrogen (secondary N) is 1. The van der Waals surface area contributed by atoms with E-state index in [1.807, 2.05) is 69.3 Å². The lowest BCUT2D eigenvalue weighted by molar-refractivity contribution is 0.0886. The molecule has 0 unspecified atom stereocenters. The summed E-state index contributed by atoms with van der Waals surface area (Å²) in [5.41, 5.74) is 3.60. The van der Waals surface area contributed by atoms with Crippen LogP contribution in [0.1, 0.15) is 38.7 Å². The number of thiophene rings is 1. The van der Waals surface area contributed by atoms with Crippen molar-refractivity contribution < 1.29 is 18.7 Å². The zero-order valence-electron chi connectivity index (χ0n) is 21.6. The number of methoxy groups -OCH3 is 1. The van der Waals surface area contributed by atoms with Crippen LogP contribution < -0.4 is 14.8 Å². The first-order valence-electron chi connectivity index (χ1n) is 12.2. The Morgan fingerprint density at radius 1 is 1.03 bits per heavy atom. The molecule has 2 heterocycles. The van der Waals surface area contributed by atoms with Gasteiger partial charge in [0, 0.05) is 10.3 Å². The maximum Gasteiger partial charge on any atom is 0.261 e. The molecule has 0 radical (unpaired) electrons. The summed E-state index contributed by atoms with van der Waals surface area (Å²) in [4.78, 5) is 14.8. The smallest absolute Gasteiger partial charge is 0.261 e. The number of aromatic nitrogens is 2. The first-order chi connectivity index (χ1) is 18.3. The highest BCUT2D eigenvalue weighted by molar-refractivity contribution is 7.14. The number of aryl methyl sites for hydroxylation is 2. The van der Waals surface area contributed by atoms with Crippen LogP contribution in [-0.4, -0.2) is 28.8 Å². The van der Waals surface area contributed by atoms with E-state index in [0.29, 0.717) is 16.4 Å². The van der Waals surface area contributed by atoms with E-state index in [1.165, 1.54) is 23.5 Å². The van der Waals surface area contributed by atoms with Crippen LogP contribution in [-0.2, 0) is 0 Å². The van der Waals surface area contributed by atoms with E-state index in [1.54, 1.807) is 30.1 Å². The summed E-state index contributed by atoms with van der Waals surface area (Å²) in [7, 11) is 1.62. The SMILES string of the molecule is COc1cccc([C@H](Oc2ccc3c(cnn3-c3ccc(F)cc3)c2)[C@H](C)NC(=O)c2cc(C)c(C)s2)c1. The summed E-state index contributed by atoms with van der Waals surface area (Å²) >= 11 is 1.48. The second kappa shape index (κ2) is 10.7. The first kappa shape index (κ1) is 25.5. The van der Waals surface area contributed by atoms with Crippen LogP contribution in [0.3, 0.4) is 0 Å². The summed E-state index contributed by atoms with van der Waals surface area (Å²) in [6, 6.07) is 21.1. The van der Waals surface area contributed by atoms with Gasteiger partial charge in [-0.2, -0.15) is 5.10 Å². The van der Waals surface area contributed by atoms with Crippen LogP contribution in [0.25, 0.3) is 16.6 Å². The number of halogens is 1. The number of ether oxygens (including phenoxy) is 2. The van der Waals surface area contributed by atoms with Gasteiger partial charge in [0.05, 0.1) is 35.4 Å². The van der Waals surface area contributed by atoms with Crippen LogP contribution >= 0.6 is 11.3 Å². The van der Waals surface area contributed by atoms with Gasteiger partial charge in [0.2, 0.25) is 0 Å². The van der Waals surface area contributed by atoms with Gasteiger partial charge in [-0.15, -0.1) is 11.3 Å². The molecule has 0 aliphatic rings. The third-order valence-electron chi connectivity index (χ3n) is 6.50. The molecule has 0 saturated heterocycles. The van der Waals surface area contributed by atoms with E-state index in [0.717, 1.165) is 32.6 Å². The minimum Gasteiger partial charge on any atom is -0.497 e. The lowest BCUT2D eigenvalue weighted by atomic mass is 10.0. The summed E-state index contributed by atoms with van der Waals surface area (Å²) in [6.07, 6.45) is 1.26. The Morgan fingerprint density at radius 3 is 2.53 bits per heavy atom. The van der Waals surface area contributed by atoms with E-state index < -0.39 is 6.10 Å². The Balaban J connectivity index is 1.44. The van der Waals surface area contributed by atoms with Gasteiger partial charge >= 0.3 is 0 Å². The van der Waals surface area contributed by atoms with Crippen molar-refractivity contribution in [1.82, 2.24) is 15.1 Å². The maximum atomic E-state index is 13.4. The standard InChI is InChI=1S/C30H28FN3O3S/c1-18-14-28(38-20(18)3)30(35)33-19(2)29(21-6-5-7-25(15-21)36-4)37-26-12-13-27-22(16-26)17-32-34(27)24-10-8-23(31)9-11-24/h5-17,19,29H,1-4H3,(H,33,35)/t19-,29+/m0/s1. The molecule has 0 saturated carbocycles. The number of benzene rings is 3. The molecule has 5 aromatic rings. The van der Waals surface area contributed by atoms with Gasteiger partial charge in [0.25, 0.3) is 5.91 Å². The number of rotatable bonds is 8. The maximum absolute atomic E-state index is 13.4. The number of carbonyl (C=O) groups is 1. The number of hydrogen-bond acceptors (Lipinski definition) is 5. The molecule has 1 N–H and O–H groups in total. The van der Waals surface area contributed by atoms with Gasteiger partial charge < -0.3 is 14.8 Å². The molecule has 0 fully saturated rings. The highest BCUT2D eigenvalue weighted by Gasteiger charge is 2.25. The first-order valence-corrected chi connectivity index (χ1v) is 13.1. The number of amides is 1. The zero-order chi connectivity index (χ0) is 26.8. The lowest BCUT2D eigenvalue weighted by Crippen LogP contribution is -2.39. The number of carbonyl (C=O) groups excluding carboxylic acids is 1. The normalized spacial score (nSPS) is 12.8. The fourth-order valence-corrected chi connectivity index (χ4v) is 5.27. The second-order valence-corrected chi connectivity index (χ2v) is 10.4. The Kier molecular flexibility index (Phi) is 7.15. The molecular weight excluding hydrogens is 501 g/mol. The van der Waals surface area contributed by atoms with Crippen LogP contribution in [0, 0.1) is 19.7 Å². The van der Waals surface area contributed by atoms with Gasteiger partial charge in [0.1, 0.15) is 23.4 Å². The van der Waals surface area contributed by atoms with Crippen molar-refractivity contribution in [3.8, 4) is 17.2 Å². The van der Waals surface area contributed by atoms with Gasteiger partial charge in [-0.25, -0.2) is 9.07 Å². The highest BCUT2D eigenvalue weighted by Crippen LogP contribution is 2.31. The molecule has 194 valence electrons. The fraction of sp³-hybridized carbons (Fsp3) is 0.200. The summed E-state index contributed by atoms with van der Waals surface area (Å²) in [6.45, 7) is 5.94. The van der Waals surface area contributed by atoms with E-state index in [-0.39, 0.29) is 17.8 Å². The summed E-state index contributed by atoms with van der Waals surface area (Å²) in [5.74, 6) is 0.907. The monoisotopic (exact) mass is 529 g/mol. The number of hydrogen-bond donors (Lipinski definition) is 1. The number of nitrogens with zero attached hydrogens (tertiary/aromatic N) is 2. The average molecular weight is 530 g/mol. The quantitative estimate of drug-likeness (QED) is 0.240. The van der Waals surface area contributed by atoms with E-state index in [2.05, 4.69) is 10.4 Å². The minimum absolute atomic E-state index is 0.133. The van der Waals surface area contributed by atoms with Crippen molar-refractivity contribution in [2.45, 2.75) is 32.9 Å². The Labute approximate surface area is 224 Å². The van der Waals surface area contributed by atoms with Gasteiger partial charge in [-0.05, 0) is 92.6 Å². The molecule has 1 amide bonds. The van der Waals surface area contributed by atoms with E-state index in [4.69, 9.17) is 9.47 Å². The molecular formula is C30H28FN3O3S. The van der Waals surface area contributed by atoms with Crippen molar-refractivity contribution in [2.24, 2.45) is 0 Å². The molecule has 0 spiro atoms. The van der Waals surface area contributed by atoms with Crippen LogP contribution in [0.15, 0.2) is 79.0 Å². The Bertz CT molecular complexity index is 1570. The molecule has 0 aliphatic carbocycles. The van der Waals surface area contributed by atoms with Crippen LogP contribution in [0.2, 0.25) is 0 Å². The van der Waals surface area contributed by atoms with Crippen molar-refractivity contribution in [3.05, 3.63) is 106 Å². The number of fused-ring (bicyclic) bond motifs is 1. The minimum atomic E-state index is -0.485. The van der Waals surface area contributed by atoms with Crippen LogP contribution in [0.4, 0.5) is 4.39 Å². The third kappa shape index (κ3) is 5.26. The molecule has 5 rings (SSSR count). The van der Waals surface area contributed by atoms with Crippen molar-refractivity contribution >= 4 is 28.1 Å². The largest absolute Gasteiger partial charge is 0.497 e. The third-order valence-corrected chi connectivity index (χ3v) is 7.65. The highest BCUT2D eigenvalue weighted by atomic mass is 32.1. The van der Waals surface area contributed by atoms with Crippen LogP contribution in [0.5, 0.6) is 11.5 Å². The van der Waals surface area contributed by atoms with Crippen molar-refractivity contribution in [3.63, 3.8) is 0 Å². The Hall–Kier alpha value is -4.17. The van der Waals surface area contributed by atoms with Gasteiger partial charge in [-0.3, -0.25) is 4.79 Å². The lowest BCUT2D eigenvalue weighted by Gasteiger charge is -2.27. The molecule has 3 aromatic carbocycles. The second-order valence-electron chi connectivity index (χ2n) is 9.18. The average Bonchev–Trinajstić information content (AvgIpc) is 3.50. The fourth-order valence-electron chi connectivity index (χ4n) is 4.33. The molecule has 0 bridgehead atoms. The predicted octanol–water partition coefficient (Wildman–Crippen LogP) is 6.79. The molecule has 0 aliphatic heterocycles. The zero-order valence-corrected chi connectivity index (χ0v) is 22.4. The molecule has 2 atom stereocenters. The Morgan fingerprint density at radius 2 is 1.82 bits per heavy atom. The molecule has 38 heavy (non-hydrogen) atoms. The van der Waals surface area contributed by atoms with Crippen molar-refractivity contribution in [2.75, 3.05) is 7.11 Å². The molecule has 2 aromatic heterocycles.